The molecule has 1 fully saturated rings. The van der Waals surface area contributed by atoms with Crippen molar-refractivity contribution in [3.8, 4) is 0 Å². The maximum Gasteiger partial charge on any atom is 0.263 e. The lowest BCUT2D eigenvalue weighted by atomic mass is 10.1. The molecule has 0 aliphatic carbocycles. The molecule has 0 N–H and O–H groups in total. The Hall–Kier alpha value is -0.180. The second kappa shape index (κ2) is 2.82. The molecule has 10 heavy (non-hydrogen) atoms. The van der Waals surface area contributed by atoms with Crippen molar-refractivity contribution < 1.29 is 8.78 Å². The quantitative estimate of drug-likeness (QED) is 0.545. The van der Waals surface area contributed by atoms with Gasteiger partial charge in [-0.3, -0.25) is 4.90 Å². The van der Waals surface area contributed by atoms with Crippen molar-refractivity contribution in [1.82, 2.24) is 4.90 Å². The van der Waals surface area contributed by atoms with E-state index in [1.54, 1.807) is 4.90 Å². The molecule has 1 saturated heterocycles. The molecule has 1 nitrogen and oxygen atoms in total. The van der Waals surface area contributed by atoms with Gasteiger partial charge in [-0.1, -0.05) is 6.92 Å². The van der Waals surface area contributed by atoms with Crippen molar-refractivity contribution in [2.24, 2.45) is 0 Å². The summed E-state index contributed by atoms with van der Waals surface area (Å²) in [6.07, 6.45) is 1.63. The van der Waals surface area contributed by atoms with Crippen LogP contribution in [0.2, 0.25) is 0 Å². The van der Waals surface area contributed by atoms with Gasteiger partial charge in [-0.25, -0.2) is 8.78 Å². The van der Waals surface area contributed by atoms with Gasteiger partial charge in [-0.15, -0.1) is 0 Å². The third-order valence-corrected chi connectivity index (χ3v) is 1.77. The van der Waals surface area contributed by atoms with E-state index in [2.05, 4.69) is 0 Å². The Kier molecular flexibility index (Phi) is 2.24. The Morgan fingerprint density at radius 3 is 2.70 bits per heavy atom. The Morgan fingerprint density at radius 1 is 1.60 bits per heavy atom. The summed E-state index contributed by atoms with van der Waals surface area (Å²) in [7, 11) is 0. The van der Waals surface area contributed by atoms with E-state index in [1.165, 1.54) is 0 Å². The maximum absolute atomic E-state index is 12.5. The lowest BCUT2D eigenvalue weighted by Crippen LogP contribution is -2.42. The summed E-state index contributed by atoms with van der Waals surface area (Å²) in [6, 6.07) is 0. The molecule has 1 aliphatic rings. The zero-order valence-electron chi connectivity index (χ0n) is 6.11. The highest BCUT2D eigenvalue weighted by molar-refractivity contribution is 4.91. The van der Waals surface area contributed by atoms with Crippen molar-refractivity contribution in [1.29, 1.82) is 0 Å². The van der Waals surface area contributed by atoms with Gasteiger partial charge in [0.25, 0.3) is 5.92 Å². The number of hydrogen-bond acceptors (Lipinski definition) is 1. The lowest BCUT2D eigenvalue weighted by Gasteiger charge is -2.30. The van der Waals surface area contributed by atoms with Gasteiger partial charge in [-0.2, -0.15) is 0 Å². The number of hydrogen-bond donors (Lipinski definition) is 0. The Balaban J connectivity index is 2.40. The van der Waals surface area contributed by atoms with Gasteiger partial charge in [0.1, 0.15) is 0 Å². The summed E-state index contributed by atoms with van der Waals surface area (Å²) < 4.78 is 25.1. The summed E-state index contributed by atoms with van der Waals surface area (Å²) in [6.45, 7) is 3.32. The fourth-order valence-electron chi connectivity index (χ4n) is 1.17. The van der Waals surface area contributed by atoms with Crippen molar-refractivity contribution in [3.05, 3.63) is 6.42 Å². The van der Waals surface area contributed by atoms with Gasteiger partial charge < -0.3 is 0 Å². The first kappa shape index (κ1) is 7.92. The molecule has 0 bridgehead atoms. The number of piperidine rings is 1. The lowest BCUT2D eigenvalue weighted by molar-refractivity contribution is -0.0219. The van der Waals surface area contributed by atoms with Gasteiger partial charge in [0, 0.05) is 6.42 Å². The third-order valence-electron chi connectivity index (χ3n) is 1.77. The first-order valence-corrected chi connectivity index (χ1v) is 3.58. The van der Waals surface area contributed by atoms with E-state index in [0.717, 1.165) is 19.5 Å². The van der Waals surface area contributed by atoms with Gasteiger partial charge >= 0.3 is 0 Å². The number of alkyl halides is 2. The molecule has 0 unspecified atom stereocenters. The highest BCUT2D eigenvalue weighted by atomic mass is 19.3. The SMILES string of the molecule is CCN1CC[CH]C(F)(F)C1. The van der Waals surface area contributed by atoms with Crippen LogP contribution < -0.4 is 0 Å². The molecule has 0 aromatic rings. The summed E-state index contributed by atoms with van der Waals surface area (Å²) in [4.78, 5) is 1.76. The van der Waals surface area contributed by atoms with E-state index in [1.807, 2.05) is 6.92 Å². The van der Waals surface area contributed by atoms with Crippen molar-refractivity contribution in [3.63, 3.8) is 0 Å². The third kappa shape index (κ3) is 1.90. The molecule has 1 heterocycles. The monoisotopic (exact) mass is 148 g/mol. The molecule has 59 valence electrons. The second-order valence-electron chi connectivity index (χ2n) is 2.62. The first-order valence-electron chi connectivity index (χ1n) is 3.58. The van der Waals surface area contributed by atoms with Crippen molar-refractivity contribution in [2.45, 2.75) is 19.3 Å². The topological polar surface area (TPSA) is 3.24 Å². The van der Waals surface area contributed by atoms with E-state index in [-0.39, 0.29) is 6.54 Å². The highest BCUT2D eigenvalue weighted by Crippen LogP contribution is 2.24. The normalized spacial score (nSPS) is 26.7. The van der Waals surface area contributed by atoms with Crippen LogP contribution in [0.4, 0.5) is 8.78 Å². The minimum atomic E-state index is -2.55. The molecular formula is C7H12F2N. The van der Waals surface area contributed by atoms with E-state index < -0.39 is 5.92 Å². The van der Waals surface area contributed by atoms with Crippen molar-refractivity contribution >= 4 is 0 Å². The summed E-state index contributed by atoms with van der Waals surface area (Å²) in [5.41, 5.74) is 0. The van der Waals surface area contributed by atoms with Crippen LogP contribution in [0, 0.1) is 6.42 Å². The molecule has 0 spiro atoms. The zero-order chi connectivity index (χ0) is 7.61. The standard InChI is InChI=1S/C7H12F2N/c1-2-10-5-3-4-7(8,9)6-10/h4H,2-3,5-6H2,1H3. The van der Waals surface area contributed by atoms with Crippen LogP contribution in [0.5, 0.6) is 0 Å². The van der Waals surface area contributed by atoms with E-state index in [0.29, 0.717) is 6.42 Å². The zero-order valence-corrected chi connectivity index (χ0v) is 6.11. The number of rotatable bonds is 1. The van der Waals surface area contributed by atoms with Crippen molar-refractivity contribution in [2.75, 3.05) is 19.6 Å². The van der Waals surface area contributed by atoms with E-state index >= 15 is 0 Å². The number of likely N-dealkylation sites (tertiary alicyclic amines) is 1. The van der Waals surface area contributed by atoms with Crippen LogP contribution in [-0.4, -0.2) is 30.5 Å². The number of nitrogens with zero attached hydrogens (tertiary/aromatic N) is 1. The van der Waals surface area contributed by atoms with Crippen LogP contribution in [0.25, 0.3) is 0 Å². The molecule has 0 saturated carbocycles. The van der Waals surface area contributed by atoms with Gasteiger partial charge in [0.05, 0.1) is 6.54 Å². The van der Waals surface area contributed by atoms with Gasteiger partial charge in [-0.05, 0) is 19.5 Å². The smallest absolute Gasteiger partial charge is 0.263 e. The predicted octanol–water partition coefficient (Wildman–Crippen LogP) is 1.55. The molecular weight excluding hydrogens is 136 g/mol. The first-order chi connectivity index (χ1) is 4.64. The Labute approximate surface area is 60.0 Å². The van der Waals surface area contributed by atoms with Crippen LogP contribution in [-0.2, 0) is 0 Å². The maximum atomic E-state index is 12.5. The molecule has 0 aromatic heterocycles. The summed E-state index contributed by atoms with van der Waals surface area (Å²) in [5.74, 6) is -2.55. The minimum absolute atomic E-state index is 0.0938. The van der Waals surface area contributed by atoms with Crippen LogP contribution in [0.3, 0.4) is 0 Å². The largest absolute Gasteiger partial charge is 0.298 e. The Morgan fingerprint density at radius 2 is 2.30 bits per heavy atom. The molecule has 1 radical (unpaired) electrons. The molecule has 3 heteroatoms. The average Bonchev–Trinajstić information content (AvgIpc) is 1.86. The Bertz CT molecular complexity index is 114. The van der Waals surface area contributed by atoms with Gasteiger partial charge in [0.15, 0.2) is 0 Å². The molecule has 1 rings (SSSR count). The summed E-state index contributed by atoms with van der Waals surface area (Å²) >= 11 is 0. The van der Waals surface area contributed by atoms with E-state index in [4.69, 9.17) is 0 Å². The molecule has 0 amide bonds. The minimum Gasteiger partial charge on any atom is -0.298 e. The van der Waals surface area contributed by atoms with Gasteiger partial charge in [0.2, 0.25) is 0 Å². The average molecular weight is 148 g/mol. The molecule has 1 aliphatic heterocycles. The van der Waals surface area contributed by atoms with E-state index in [9.17, 15) is 8.78 Å². The van der Waals surface area contributed by atoms with Crippen LogP contribution in [0.15, 0.2) is 0 Å². The second-order valence-corrected chi connectivity index (χ2v) is 2.62. The molecule has 0 aromatic carbocycles. The predicted molar refractivity (Wildman–Crippen MR) is 36.0 cm³/mol. The fourth-order valence-corrected chi connectivity index (χ4v) is 1.17. The van der Waals surface area contributed by atoms with Crippen LogP contribution in [0.1, 0.15) is 13.3 Å². The highest BCUT2D eigenvalue weighted by Gasteiger charge is 2.34. The summed E-state index contributed by atoms with van der Waals surface area (Å²) in [5, 5.41) is 0. The van der Waals surface area contributed by atoms with Crippen LogP contribution >= 0.6 is 0 Å². The molecule has 0 atom stereocenters. The fraction of sp³-hybridized carbons (Fsp3) is 0.857. The number of halogens is 2.